The van der Waals surface area contributed by atoms with E-state index < -0.39 is 17.9 Å². The minimum absolute atomic E-state index is 0.169. The fourth-order valence-electron chi connectivity index (χ4n) is 2.44. The Bertz CT molecular complexity index is 838. The van der Waals surface area contributed by atoms with Crippen LogP contribution in [-0.4, -0.2) is 17.9 Å². The van der Waals surface area contributed by atoms with Gasteiger partial charge in [-0.15, -0.1) is 0 Å². The fraction of sp³-hybridized carbons (Fsp3) is 0.286. The maximum atomic E-state index is 12.5. The second-order valence-corrected chi connectivity index (χ2v) is 6.38. The Kier molecular flexibility index (Phi) is 6.95. The van der Waals surface area contributed by atoms with Gasteiger partial charge in [-0.2, -0.15) is 5.26 Å². The molecule has 0 saturated carbocycles. The van der Waals surface area contributed by atoms with E-state index in [1.165, 1.54) is 0 Å². The predicted molar refractivity (Wildman–Crippen MR) is 102 cm³/mol. The molecule has 0 aliphatic rings. The zero-order valence-electron chi connectivity index (χ0n) is 15.7. The summed E-state index contributed by atoms with van der Waals surface area (Å²) in [5.41, 5.74) is 6.72. The number of hydrogen-bond donors (Lipinski definition) is 2. The number of nitrogens with one attached hydrogen (secondary N) is 2. The minimum Gasteiger partial charge on any atom is -0.479 e. The summed E-state index contributed by atoms with van der Waals surface area (Å²) in [4.78, 5) is 24.7. The molecule has 140 valence electrons. The van der Waals surface area contributed by atoms with Gasteiger partial charge in [0.05, 0.1) is 5.56 Å². The van der Waals surface area contributed by atoms with Crippen LogP contribution in [0.1, 0.15) is 42.3 Å². The number of rotatable bonds is 6. The van der Waals surface area contributed by atoms with Crippen molar-refractivity contribution in [3.8, 4) is 11.8 Å². The van der Waals surface area contributed by atoms with Gasteiger partial charge in [-0.1, -0.05) is 45.0 Å². The van der Waals surface area contributed by atoms with Crippen LogP contribution in [0.25, 0.3) is 0 Å². The lowest BCUT2D eigenvalue weighted by Gasteiger charge is -2.22. The van der Waals surface area contributed by atoms with Crippen LogP contribution in [0.5, 0.6) is 5.75 Å². The van der Waals surface area contributed by atoms with E-state index in [-0.39, 0.29) is 5.92 Å². The van der Waals surface area contributed by atoms with Crippen LogP contribution in [0, 0.1) is 17.2 Å². The molecular weight excluding hydrogens is 342 g/mol. The number of nitrogens with zero attached hydrogens (tertiary/aromatic N) is 1. The number of amides is 2. The average molecular weight is 365 g/mol. The molecule has 2 N–H and O–H groups in total. The number of carbonyl (C=O) groups excluding carboxylic acids is 2. The van der Waals surface area contributed by atoms with Crippen molar-refractivity contribution in [1.29, 1.82) is 5.26 Å². The van der Waals surface area contributed by atoms with Crippen molar-refractivity contribution >= 4 is 11.8 Å². The number of carbonyl (C=O) groups is 2. The van der Waals surface area contributed by atoms with Gasteiger partial charge in [-0.05, 0) is 42.2 Å². The lowest BCUT2D eigenvalue weighted by molar-refractivity contribution is -0.130. The van der Waals surface area contributed by atoms with E-state index >= 15 is 0 Å². The topological polar surface area (TPSA) is 91.2 Å². The third-order valence-corrected chi connectivity index (χ3v) is 4.05. The van der Waals surface area contributed by atoms with Gasteiger partial charge < -0.3 is 4.74 Å². The van der Waals surface area contributed by atoms with E-state index in [2.05, 4.69) is 10.9 Å². The van der Waals surface area contributed by atoms with Crippen LogP contribution in [0.3, 0.4) is 0 Å². The molecular formula is C21H23N3O3. The summed E-state index contributed by atoms with van der Waals surface area (Å²) in [6, 6.07) is 15.9. The van der Waals surface area contributed by atoms with Crippen LogP contribution < -0.4 is 15.6 Å². The number of hydrazine groups is 1. The van der Waals surface area contributed by atoms with E-state index in [0.29, 0.717) is 16.9 Å². The van der Waals surface area contributed by atoms with Gasteiger partial charge >= 0.3 is 0 Å². The second kappa shape index (κ2) is 9.39. The highest BCUT2D eigenvalue weighted by atomic mass is 16.5. The lowest BCUT2D eigenvalue weighted by atomic mass is 10.1. The summed E-state index contributed by atoms with van der Waals surface area (Å²) in [5.74, 6) is -0.741. The number of para-hydroxylation sites is 1. The Morgan fingerprint density at radius 1 is 1.07 bits per heavy atom. The quantitative estimate of drug-likeness (QED) is 0.770. The molecule has 0 aromatic heterocycles. The second-order valence-electron chi connectivity index (χ2n) is 6.38. The standard InChI is InChI=1S/C21H23N3O3/c1-4-15-9-11-16(12-10-15)20(25)23-24-21(26)19(14(2)3)27-18-8-6-5-7-17(18)13-22/h5-12,14,19H,4H2,1-3H3,(H,23,25)(H,24,26). The van der Waals surface area contributed by atoms with E-state index in [4.69, 9.17) is 10.00 Å². The van der Waals surface area contributed by atoms with Crippen LogP contribution in [0.2, 0.25) is 0 Å². The summed E-state index contributed by atoms with van der Waals surface area (Å²) in [7, 11) is 0. The lowest BCUT2D eigenvalue weighted by Crippen LogP contribution is -2.49. The average Bonchev–Trinajstić information content (AvgIpc) is 2.70. The molecule has 0 bridgehead atoms. The van der Waals surface area contributed by atoms with Crippen LogP contribution in [0.15, 0.2) is 48.5 Å². The first-order valence-electron chi connectivity index (χ1n) is 8.81. The molecule has 6 nitrogen and oxygen atoms in total. The summed E-state index contributed by atoms with van der Waals surface area (Å²) < 4.78 is 5.74. The molecule has 0 aliphatic carbocycles. The van der Waals surface area contributed by atoms with Crippen molar-refractivity contribution in [2.45, 2.75) is 33.3 Å². The first-order valence-corrected chi connectivity index (χ1v) is 8.81. The van der Waals surface area contributed by atoms with Crippen molar-refractivity contribution in [3.05, 3.63) is 65.2 Å². The molecule has 0 spiro atoms. The van der Waals surface area contributed by atoms with Gasteiger partial charge in [-0.25, -0.2) is 0 Å². The van der Waals surface area contributed by atoms with Crippen molar-refractivity contribution in [2.75, 3.05) is 0 Å². The number of benzene rings is 2. The van der Waals surface area contributed by atoms with E-state index in [9.17, 15) is 9.59 Å². The molecule has 0 heterocycles. The SMILES string of the molecule is CCc1ccc(C(=O)NNC(=O)C(Oc2ccccc2C#N)C(C)C)cc1. The molecule has 1 atom stereocenters. The normalized spacial score (nSPS) is 11.4. The summed E-state index contributed by atoms with van der Waals surface area (Å²) in [6.45, 7) is 5.68. The molecule has 2 rings (SSSR count). The number of hydrogen-bond acceptors (Lipinski definition) is 4. The molecule has 0 fully saturated rings. The summed E-state index contributed by atoms with van der Waals surface area (Å²) in [6.07, 6.45) is 0.0261. The van der Waals surface area contributed by atoms with Crippen molar-refractivity contribution in [3.63, 3.8) is 0 Å². The Morgan fingerprint density at radius 2 is 1.74 bits per heavy atom. The Hall–Kier alpha value is -3.33. The van der Waals surface area contributed by atoms with Gasteiger partial charge in [0, 0.05) is 5.56 Å². The molecule has 0 aliphatic heterocycles. The molecule has 2 amide bonds. The highest BCUT2D eigenvalue weighted by Crippen LogP contribution is 2.20. The predicted octanol–water partition coefficient (Wildman–Crippen LogP) is 2.99. The van der Waals surface area contributed by atoms with E-state index in [1.807, 2.05) is 39.0 Å². The molecule has 27 heavy (non-hydrogen) atoms. The number of aryl methyl sites for hydroxylation is 1. The molecule has 0 saturated heterocycles. The van der Waals surface area contributed by atoms with Crippen LogP contribution >= 0.6 is 0 Å². The highest BCUT2D eigenvalue weighted by Gasteiger charge is 2.25. The highest BCUT2D eigenvalue weighted by molar-refractivity contribution is 5.95. The number of nitriles is 1. The number of ether oxygens (including phenoxy) is 1. The zero-order chi connectivity index (χ0) is 19.8. The monoisotopic (exact) mass is 365 g/mol. The molecule has 0 radical (unpaired) electrons. The van der Waals surface area contributed by atoms with Crippen LogP contribution in [0.4, 0.5) is 0 Å². The smallest absolute Gasteiger partial charge is 0.279 e. The maximum absolute atomic E-state index is 12.5. The van der Waals surface area contributed by atoms with Gasteiger partial charge in [0.1, 0.15) is 11.8 Å². The van der Waals surface area contributed by atoms with Gasteiger partial charge in [0.2, 0.25) is 0 Å². The van der Waals surface area contributed by atoms with Crippen LogP contribution in [-0.2, 0) is 11.2 Å². The van der Waals surface area contributed by atoms with Gasteiger partial charge in [0.25, 0.3) is 11.8 Å². The van der Waals surface area contributed by atoms with Crippen molar-refractivity contribution in [2.24, 2.45) is 5.92 Å². The Morgan fingerprint density at radius 3 is 2.33 bits per heavy atom. The Labute approximate surface area is 159 Å². The van der Waals surface area contributed by atoms with Gasteiger partial charge in [0.15, 0.2) is 6.10 Å². The maximum Gasteiger partial charge on any atom is 0.279 e. The largest absolute Gasteiger partial charge is 0.479 e. The molecule has 1 unspecified atom stereocenters. The molecule has 6 heteroatoms. The van der Waals surface area contributed by atoms with Crippen molar-refractivity contribution < 1.29 is 14.3 Å². The summed E-state index contributed by atoms with van der Waals surface area (Å²) in [5, 5.41) is 9.16. The molecule has 2 aromatic carbocycles. The fourth-order valence-corrected chi connectivity index (χ4v) is 2.44. The zero-order valence-corrected chi connectivity index (χ0v) is 15.7. The van der Waals surface area contributed by atoms with E-state index in [0.717, 1.165) is 12.0 Å². The first-order chi connectivity index (χ1) is 13.0. The van der Waals surface area contributed by atoms with Crippen molar-refractivity contribution in [1.82, 2.24) is 10.9 Å². The minimum atomic E-state index is -0.859. The third kappa shape index (κ3) is 5.32. The molecule has 2 aromatic rings. The third-order valence-electron chi connectivity index (χ3n) is 4.05. The first kappa shape index (κ1) is 20.0. The Balaban J connectivity index is 2.02. The summed E-state index contributed by atoms with van der Waals surface area (Å²) >= 11 is 0. The van der Waals surface area contributed by atoms with Gasteiger partial charge in [-0.3, -0.25) is 20.4 Å². The van der Waals surface area contributed by atoms with E-state index in [1.54, 1.807) is 36.4 Å².